The van der Waals surface area contributed by atoms with Crippen LogP contribution in [0.2, 0.25) is 5.02 Å². The molecule has 0 atom stereocenters. The molecule has 0 amide bonds. The zero-order chi connectivity index (χ0) is 9.42. The van der Waals surface area contributed by atoms with Gasteiger partial charge in [0.1, 0.15) is 5.52 Å². The van der Waals surface area contributed by atoms with E-state index in [0.29, 0.717) is 10.7 Å². The highest BCUT2D eigenvalue weighted by Gasteiger charge is 2.06. The number of aryl methyl sites for hydroxylation is 1. The second-order valence-corrected chi connectivity index (χ2v) is 4.33. The van der Waals surface area contributed by atoms with Crippen LogP contribution in [0.3, 0.4) is 0 Å². The SMILES string of the molecule is CCc1nc2c(Cl)cc(N)cc2s1. The van der Waals surface area contributed by atoms with Gasteiger partial charge < -0.3 is 5.73 Å². The monoisotopic (exact) mass is 212 g/mol. The lowest BCUT2D eigenvalue weighted by atomic mass is 10.3. The van der Waals surface area contributed by atoms with Crippen molar-refractivity contribution in [1.29, 1.82) is 0 Å². The van der Waals surface area contributed by atoms with Gasteiger partial charge in [-0.25, -0.2) is 4.98 Å². The predicted molar refractivity (Wildman–Crippen MR) is 58.4 cm³/mol. The number of rotatable bonds is 1. The quantitative estimate of drug-likeness (QED) is 0.738. The molecule has 0 aliphatic heterocycles. The maximum absolute atomic E-state index is 6.00. The van der Waals surface area contributed by atoms with Gasteiger partial charge in [-0.2, -0.15) is 0 Å². The summed E-state index contributed by atoms with van der Waals surface area (Å²) in [6.07, 6.45) is 0.940. The van der Waals surface area contributed by atoms with E-state index in [1.807, 2.05) is 6.07 Å². The van der Waals surface area contributed by atoms with E-state index < -0.39 is 0 Å². The maximum Gasteiger partial charge on any atom is 0.100 e. The smallest absolute Gasteiger partial charge is 0.100 e. The Morgan fingerprint density at radius 3 is 3.00 bits per heavy atom. The average molecular weight is 213 g/mol. The number of aromatic nitrogens is 1. The van der Waals surface area contributed by atoms with Gasteiger partial charge in [0.05, 0.1) is 14.7 Å². The minimum absolute atomic E-state index is 0.644. The van der Waals surface area contributed by atoms with Gasteiger partial charge in [-0.05, 0) is 18.6 Å². The number of nitrogens with zero attached hydrogens (tertiary/aromatic N) is 1. The molecule has 0 radical (unpaired) electrons. The topological polar surface area (TPSA) is 38.9 Å². The van der Waals surface area contributed by atoms with Gasteiger partial charge in [-0.1, -0.05) is 18.5 Å². The van der Waals surface area contributed by atoms with Gasteiger partial charge in [0, 0.05) is 5.69 Å². The Morgan fingerprint density at radius 1 is 1.54 bits per heavy atom. The van der Waals surface area contributed by atoms with Crippen molar-refractivity contribution >= 4 is 38.8 Å². The fourth-order valence-electron chi connectivity index (χ4n) is 1.21. The summed E-state index contributed by atoms with van der Waals surface area (Å²) in [5.41, 5.74) is 7.24. The average Bonchev–Trinajstić information content (AvgIpc) is 2.47. The minimum atomic E-state index is 0.644. The summed E-state index contributed by atoms with van der Waals surface area (Å²) in [6, 6.07) is 3.65. The van der Waals surface area contributed by atoms with E-state index in [0.717, 1.165) is 21.6 Å². The molecule has 2 nitrogen and oxygen atoms in total. The van der Waals surface area contributed by atoms with Gasteiger partial charge in [0.25, 0.3) is 0 Å². The number of hydrogen-bond acceptors (Lipinski definition) is 3. The molecule has 1 aromatic heterocycles. The summed E-state index contributed by atoms with van der Waals surface area (Å²) in [7, 11) is 0. The Kier molecular flexibility index (Phi) is 2.14. The van der Waals surface area contributed by atoms with Gasteiger partial charge in [-0.3, -0.25) is 0 Å². The molecule has 1 aromatic carbocycles. The van der Waals surface area contributed by atoms with E-state index in [4.69, 9.17) is 17.3 Å². The van der Waals surface area contributed by atoms with E-state index in [-0.39, 0.29) is 0 Å². The van der Waals surface area contributed by atoms with Crippen molar-refractivity contribution in [1.82, 2.24) is 4.98 Å². The van der Waals surface area contributed by atoms with Crippen molar-refractivity contribution in [2.24, 2.45) is 0 Å². The van der Waals surface area contributed by atoms with E-state index in [2.05, 4.69) is 11.9 Å². The maximum atomic E-state index is 6.00. The van der Waals surface area contributed by atoms with Crippen molar-refractivity contribution in [2.45, 2.75) is 13.3 Å². The molecule has 0 aliphatic carbocycles. The molecule has 0 spiro atoms. The molecular weight excluding hydrogens is 204 g/mol. The molecule has 1 heterocycles. The summed E-state index contributed by atoms with van der Waals surface area (Å²) in [6.45, 7) is 2.08. The Labute approximate surface area is 85.3 Å². The summed E-state index contributed by atoms with van der Waals surface area (Å²) < 4.78 is 1.07. The molecule has 0 unspecified atom stereocenters. The van der Waals surface area contributed by atoms with Crippen LogP contribution in [0.1, 0.15) is 11.9 Å². The first-order valence-corrected chi connectivity index (χ1v) is 5.24. The van der Waals surface area contributed by atoms with Crippen molar-refractivity contribution in [3.05, 3.63) is 22.2 Å². The van der Waals surface area contributed by atoms with E-state index in [1.54, 1.807) is 17.4 Å². The number of fused-ring (bicyclic) bond motifs is 1. The van der Waals surface area contributed by atoms with E-state index >= 15 is 0 Å². The first-order chi connectivity index (χ1) is 6.20. The number of thiazole rings is 1. The van der Waals surface area contributed by atoms with Gasteiger partial charge in [-0.15, -0.1) is 11.3 Å². The van der Waals surface area contributed by atoms with Gasteiger partial charge in [0.2, 0.25) is 0 Å². The van der Waals surface area contributed by atoms with Crippen LogP contribution < -0.4 is 5.73 Å². The predicted octanol–water partition coefficient (Wildman–Crippen LogP) is 3.09. The van der Waals surface area contributed by atoms with Crippen LogP contribution in [-0.2, 0) is 6.42 Å². The fourth-order valence-corrected chi connectivity index (χ4v) is 2.51. The standard InChI is InChI=1S/C9H9ClN2S/c1-2-8-12-9-6(10)3-5(11)4-7(9)13-8/h3-4H,2,11H2,1H3. The normalized spacial score (nSPS) is 10.9. The van der Waals surface area contributed by atoms with Crippen molar-refractivity contribution in [2.75, 3.05) is 5.73 Å². The van der Waals surface area contributed by atoms with Crippen LogP contribution in [-0.4, -0.2) is 4.98 Å². The van der Waals surface area contributed by atoms with Crippen molar-refractivity contribution < 1.29 is 0 Å². The molecule has 68 valence electrons. The Hall–Kier alpha value is -0.800. The van der Waals surface area contributed by atoms with Crippen LogP contribution in [0.5, 0.6) is 0 Å². The molecule has 2 N–H and O–H groups in total. The van der Waals surface area contributed by atoms with Gasteiger partial charge >= 0.3 is 0 Å². The molecule has 0 fully saturated rings. The van der Waals surface area contributed by atoms with Crippen molar-refractivity contribution in [3.63, 3.8) is 0 Å². The summed E-state index contributed by atoms with van der Waals surface area (Å²) >= 11 is 7.65. The van der Waals surface area contributed by atoms with Gasteiger partial charge in [0.15, 0.2) is 0 Å². The molecule has 0 saturated carbocycles. The second kappa shape index (κ2) is 3.16. The van der Waals surface area contributed by atoms with Crippen LogP contribution in [0.25, 0.3) is 10.2 Å². The molecule has 13 heavy (non-hydrogen) atoms. The number of halogens is 1. The third kappa shape index (κ3) is 1.49. The van der Waals surface area contributed by atoms with Crippen LogP contribution in [0, 0.1) is 0 Å². The molecule has 0 bridgehead atoms. The van der Waals surface area contributed by atoms with E-state index in [9.17, 15) is 0 Å². The first kappa shape index (κ1) is 8.78. The van der Waals surface area contributed by atoms with E-state index in [1.165, 1.54) is 0 Å². The zero-order valence-corrected chi connectivity index (χ0v) is 8.75. The molecule has 2 rings (SSSR count). The second-order valence-electron chi connectivity index (χ2n) is 2.81. The Morgan fingerprint density at radius 2 is 2.31 bits per heavy atom. The molecule has 0 saturated heterocycles. The number of nitrogens with two attached hydrogens (primary N) is 1. The third-order valence-corrected chi connectivity index (χ3v) is 3.25. The van der Waals surface area contributed by atoms with Crippen LogP contribution in [0.15, 0.2) is 12.1 Å². The largest absolute Gasteiger partial charge is 0.399 e. The Bertz CT molecular complexity index is 450. The van der Waals surface area contributed by atoms with Crippen molar-refractivity contribution in [3.8, 4) is 0 Å². The number of hydrogen-bond donors (Lipinski definition) is 1. The first-order valence-electron chi connectivity index (χ1n) is 4.05. The Balaban J connectivity index is 2.75. The summed E-state index contributed by atoms with van der Waals surface area (Å²) in [5.74, 6) is 0. The third-order valence-electron chi connectivity index (χ3n) is 1.82. The molecular formula is C9H9ClN2S. The lowest BCUT2D eigenvalue weighted by Gasteiger charge is -1.94. The zero-order valence-electron chi connectivity index (χ0n) is 7.17. The van der Waals surface area contributed by atoms with Crippen LogP contribution >= 0.6 is 22.9 Å². The fraction of sp³-hybridized carbons (Fsp3) is 0.222. The molecule has 0 aliphatic rings. The van der Waals surface area contributed by atoms with Crippen LogP contribution in [0.4, 0.5) is 5.69 Å². The molecule has 4 heteroatoms. The highest BCUT2D eigenvalue weighted by atomic mass is 35.5. The minimum Gasteiger partial charge on any atom is -0.399 e. The lowest BCUT2D eigenvalue weighted by Crippen LogP contribution is -1.83. The highest BCUT2D eigenvalue weighted by Crippen LogP contribution is 2.30. The highest BCUT2D eigenvalue weighted by molar-refractivity contribution is 7.18. The number of anilines is 1. The number of nitrogen functional groups attached to an aromatic ring is 1. The summed E-state index contributed by atoms with van der Waals surface area (Å²) in [4.78, 5) is 4.40. The number of benzene rings is 1. The summed E-state index contributed by atoms with van der Waals surface area (Å²) in [5, 5.41) is 1.74. The lowest BCUT2D eigenvalue weighted by molar-refractivity contribution is 1.11. The molecule has 2 aromatic rings.